The molecule has 53 valence electrons. The number of hydrogen-bond acceptors (Lipinski definition) is 2. The highest BCUT2D eigenvalue weighted by Crippen LogP contribution is 2.18. The highest BCUT2D eigenvalue weighted by molar-refractivity contribution is 4.69. The third-order valence-electron chi connectivity index (χ3n) is 1.34. The second kappa shape index (κ2) is 3.85. The normalized spacial score (nSPS) is 21.0. The molecule has 1 aliphatic rings. The largest absolute Gasteiger partial charge is 0.343 e. The molecule has 0 aliphatic carbocycles. The van der Waals surface area contributed by atoms with Crippen LogP contribution in [0.1, 0.15) is 26.2 Å². The molecule has 0 spiro atoms. The molecule has 0 atom stereocenters. The van der Waals surface area contributed by atoms with Crippen molar-refractivity contribution in [2.75, 3.05) is 13.2 Å². The van der Waals surface area contributed by atoms with Crippen molar-refractivity contribution in [3.63, 3.8) is 0 Å². The lowest BCUT2D eigenvalue weighted by Gasteiger charge is -2.03. The lowest BCUT2D eigenvalue weighted by atomic mass is 10.2. The van der Waals surface area contributed by atoms with Gasteiger partial charge in [-0.25, -0.2) is 0 Å². The van der Waals surface area contributed by atoms with Crippen molar-refractivity contribution in [3.8, 4) is 0 Å². The second-order valence-corrected chi connectivity index (χ2v) is 2.17. The predicted molar refractivity (Wildman–Crippen MR) is 34.7 cm³/mol. The van der Waals surface area contributed by atoms with E-state index >= 15 is 0 Å². The average Bonchev–Trinajstić information content (AvgIpc) is 2.34. The van der Waals surface area contributed by atoms with Gasteiger partial charge >= 0.3 is 0 Å². The first kappa shape index (κ1) is 7.03. The van der Waals surface area contributed by atoms with E-state index in [1.165, 1.54) is 12.8 Å². The van der Waals surface area contributed by atoms with Crippen LogP contribution in [0.3, 0.4) is 0 Å². The van der Waals surface area contributed by atoms with Crippen LogP contribution >= 0.6 is 0 Å². The van der Waals surface area contributed by atoms with E-state index < -0.39 is 0 Å². The van der Waals surface area contributed by atoms with Crippen LogP contribution in [0.25, 0.3) is 0 Å². The van der Waals surface area contributed by atoms with Crippen molar-refractivity contribution in [2.24, 2.45) is 0 Å². The van der Waals surface area contributed by atoms with Gasteiger partial charge in [0.15, 0.2) is 0 Å². The summed E-state index contributed by atoms with van der Waals surface area (Å²) in [6, 6.07) is 0. The van der Waals surface area contributed by atoms with E-state index in [0.29, 0.717) is 0 Å². The molecule has 0 unspecified atom stereocenters. The minimum Gasteiger partial charge on any atom is -0.343 e. The molecule has 0 amide bonds. The highest BCUT2D eigenvalue weighted by Gasteiger charge is 2.16. The molecular formula is C7H13O2. The van der Waals surface area contributed by atoms with Gasteiger partial charge in [-0.2, -0.15) is 0 Å². The highest BCUT2D eigenvalue weighted by atomic mass is 16.7. The summed E-state index contributed by atoms with van der Waals surface area (Å²) in [5.41, 5.74) is 0. The van der Waals surface area contributed by atoms with E-state index in [0.717, 1.165) is 25.9 Å². The van der Waals surface area contributed by atoms with E-state index in [2.05, 4.69) is 6.92 Å². The Morgan fingerprint density at radius 3 is 2.56 bits per heavy atom. The van der Waals surface area contributed by atoms with Gasteiger partial charge in [0.05, 0.1) is 13.2 Å². The summed E-state index contributed by atoms with van der Waals surface area (Å²) in [5.74, 6) is 0. The van der Waals surface area contributed by atoms with Gasteiger partial charge in [0, 0.05) is 6.42 Å². The molecule has 0 N–H and O–H groups in total. The fourth-order valence-corrected chi connectivity index (χ4v) is 0.818. The monoisotopic (exact) mass is 129 g/mol. The summed E-state index contributed by atoms with van der Waals surface area (Å²) >= 11 is 0. The van der Waals surface area contributed by atoms with Crippen molar-refractivity contribution < 1.29 is 9.47 Å². The van der Waals surface area contributed by atoms with Gasteiger partial charge in [-0.15, -0.1) is 0 Å². The van der Waals surface area contributed by atoms with Gasteiger partial charge in [0.1, 0.15) is 0 Å². The van der Waals surface area contributed by atoms with E-state index in [-0.39, 0.29) is 0 Å². The van der Waals surface area contributed by atoms with Gasteiger partial charge in [-0.05, 0) is 6.42 Å². The maximum absolute atomic E-state index is 5.15. The smallest absolute Gasteiger partial charge is 0.223 e. The van der Waals surface area contributed by atoms with Gasteiger partial charge in [-0.1, -0.05) is 13.3 Å². The molecule has 0 aromatic carbocycles. The molecule has 0 saturated carbocycles. The zero-order valence-electron chi connectivity index (χ0n) is 5.85. The van der Waals surface area contributed by atoms with Crippen LogP contribution in [0.2, 0.25) is 0 Å². The zero-order valence-corrected chi connectivity index (χ0v) is 5.85. The minimum absolute atomic E-state index is 0.749. The van der Waals surface area contributed by atoms with Gasteiger partial charge in [0.2, 0.25) is 6.29 Å². The van der Waals surface area contributed by atoms with Crippen molar-refractivity contribution in [1.29, 1.82) is 0 Å². The fourth-order valence-electron chi connectivity index (χ4n) is 0.818. The molecule has 2 nitrogen and oxygen atoms in total. The zero-order chi connectivity index (χ0) is 6.53. The molecule has 1 heterocycles. The molecule has 1 rings (SSSR count). The molecule has 1 fully saturated rings. The van der Waals surface area contributed by atoms with Crippen LogP contribution in [0.15, 0.2) is 0 Å². The van der Waals surface area contributed by atoms with Crippen LogP contribution in [-0.4, -0.2) is 13.2 Å². The second-order valence-electron chi connectivity index (χ2n) is 2.17. The number of unbranched alkanes of at least 4 members (excludes halogenated alkanes) is 1. The Hall–Kier alpha value is -0.0800. The summed E-state index contributed by atoms with van der Waals surface area (Å²) in [5, 5.41) is 0. The Labute approximate surface area is 56.2 Å². The molecule has 1 aliphatic heterocycles. The molecule has 0 aromatic heterocycles. The molecule has 2 heteroatoms. The Kier molecular flexibility index (Phi) is 3.01. The topological polar surface area (TPSA) is 18.5 Å². The van der Waals surface area contributed by atoms with E-state index in [1.54, 1.807) is 0 Å². The summed E-state index contributed by atoms with van der Waals surface area (Å²) in [6.07, 6.45) is 4.21. The number of hydrogen-bond donors (Lipinski definition) is 0. The van der Waals surface area contributed by atoms with Crippen molar-refractivity contribution in [1.82, 2.24) is 0 Å². The van der Waals surface area contributed by atoms with Gasteiger partial charge in [-0.3, -0.25) is 0 Å². The number of ether oxygens (including phenoxy) is 2. The first-order valence-electron chi connectivity index (χ1n) is 3.55. The van der Waals surface area contributed by atoms with Crippen LogP contribution < -0.4 is 0 Å². The third-order valence-corrected chi connectivity index (χ3v) is 1.34. The van der Waals surface area contributed by atoms with Crippen LogP contribution in [0, 0.1) is 6.29 Å². The van der Waals surface area contributed by atoms with Crippen molar-refractivity contribution in [2.45, 2.75) is 26.2 Å². The molecule has 0 aromatic rings. The molecule has 9 heavy (non-hydrogen) atoms. The van der Waals surface area contributed by atoms with Crippen LogP contribution in [-0.2, 0) is 9.47 Å². The number of rotatable bonds is 3. The van der Waals surface area contributed by atoms with E-state index in [4.69, 9.17) is 9.47 Å². The molecule has 1 saturated heterocycles. The first-order valence-corrected chi connectivity index (χ1v) is 3.55. The van der Waals surface area contributed by atoms with E-state index in [1.807, 2.05) is 0 Å². The molecule has 1 radical (unpaired) electrons. The Bertz CT molecular complexity index is 67.3. The molecular weight excluding hydrogens is 116 g/mol. The Morgan fingerprint density at radius 2 is 2.00 bits per heavy atom. The predicted octanol–water partition coefficient (Wildman–Crippen LogP) is 1.71. The van der Waals surface area contributed by atoms with Crippen LogP contribution in [0.5, 0.6) is 0 Å². The quantitative estimate of drug-likeness (QED) is 0.577. The summed E-state index contributed by atoms with van der Waals surface area (Å²) in [4.78, 5) is 0. The fraction of sp³-hybridized carbons (Fsp3) is 0.857. The van der Waals surface area contributed by atoms with E-state index in [9.17, 15) is 0 Å². The lowest BCUT2D eigenvalue weighted by molar-refractivity contribution is 0.0635. The molecule has 0 bridgehead atoms. The summed E-state index contributed by atoms with van der Waals surface area (Å²) in [7, 11) is 0. The SMILES string of the molecule is CCCC[C]1OCCO1. The van der Waals surface area contributed by atoms with Gasteiger partial charge in [0.25, 0.3) is 0 Å². The maximum Gasteiger partial charge on any atom is 0.223 e. The van der Waals surface area contributed by atoms with Crippen molar-refractivity contribution in [3.05, 3.63) is 6.29 Å². The average molecular weight is 129 g/mol. The van der Waals surface area contributed by atoms with Crippen molar-refractivity contribution >= 4 is 0 Å². The summed E-state index contributed by atoms with van der Waals surface area (Å²) in [6.45, 7) is 3.66. The maximum atomic E-state index is 5.15. The standard InChI is InChI=1S/C7H13O2/c1-2-3-4-7-8-5-6-9-7/h2-6H2,1H3. The van der Waals surface area contributed by atoms with Crippen LogP contribution in [0.4, 0.5) is 0 Å². The van der Waals surface area contributed by atoms with Gasteiger partial charge < -0.3 is 9.47 Å². The Balaban J connectivity index is 1.98. The summed E-state index contributed by atoms with van der Waals surface area (Å²) < 4.78 is 10.3. The lowest BCUT2D eigenvalue weighted by Crippen LogP contribution is -1.95. The Morgan fingerprint density at radius 1 is 1.33 bits per heavy atom. The minimum atomic E-state index is 0.749. The first-order chi connectivity index (χ1) is 4.43. The third kappa shape index (κ3) is 2.33.